The van der Waals surface area contributed by atoms with Crippen molar-refractivity contribution in [3.63, 3.8) is 0 Å². The number of carbonyl (C=O) groups is 1. The van der Waals surface area contributed by atoms with E-state index in [0.717, 1.165) is 25.3 Å². The Hall–Kier alpha value is -1.58. The molecule has 0 saturated carbocycles. The fourth-order valence-corrected chi connectivity index (χ4v) is 1.88. The third kappa shape index (κ3) is 5.17. The summed E-state index contributed by atoms with van der Waals surface area (Å²) in [6.45, 7) is 2.17. The molecule has 4 heteroatoms. The number of carbonyl (C=O) groups excluding carboxylic acids is 1. The van der Waals surface area contributed by atoms with Gasteiger partial charge in [-0.3, -0.25) is 9.59 Å². The summed E-state index contributed by atoms with van der Waals surface area (Å²) in [6.07, 6.45) is 7.11. The molecule has 0 unspecified atom stereocenters. The second-order valence-electron chi connectivity index (χ2n) is 4.56. The first-order chi connectivity index (χ1) is 8.63. The number of rotatable bonds is 8. The predicted octanol–water partition coefficient (Wildman–Crippen LogP) is 3.01. The van der Waals surface area contributed by atoms with Gasteiger partial charge in [-0.05, 0) is 6.42 Å². The van der Waals surface area contributed by atoms with E-state index < -0.39 is 5.56 Å². The van der Waals surface area contributed by atoms with Gasteiger partial charge in [0.05, 0.1) is 5.69 Å². The lowest BCUT2D eigenvalue weighted by atomic mass is 10.1. The van der Waals surface area contributed by atoms with E-state index in [0.29, 0.717) is 6.42 Å². The molecule has 0 aliphatic rings. The number of ketones is 1. The molecule has 0 aliphatic carbocycles. The molecule has 0 aromatic carbocycles. The fraction of sp³-hybridized carbons (Fsp3) is 0.571. The Bertz CT molecular complexity index is 437. The van der Waals surface area contributed by atoms with Crippen LogP contribution in [0.25, 0.3) is 0 Å². The number of H-pyrrole nitrogens is 1. The quantitative estimate of drug-likeness (QED) is 0.551. The molecule has 0 radical (unpaired) electrons. The van der Waals surface area contributed by atoms with Crippen LogP contribution in [0, 0.1) is 0 Å². The molecule has 18 heavy (non-hydrogen) atoms. The highest BCUT2D eigenvalue weighted by atomic mass is 16.3. The molecule has 0 saturated heterocycles. The smallest absolute Gasteiger partial charge is 0.252 e. The topological polar surface area (TPSA) is 70.2 Å². The summed E-state index contributed by atoms with van der Waals surface area (Å²) >= 11 is 0. The van der Waals surface area contributed by atoms with Crippen molar-refractivity contribution in [1.29, 1.82) is 0 Å². The molecule has 1 rings (SSSR count). The number of Topliss-reactive ketones (excluding diaryl/α,β-unsaturated/α-hetero) is 1. The molecule has 4 nitrogen and oxygen atoms in total. The molecule has 0 amide bonds. The van der Waals surface area contributed by atoms with Crippen molar-refractivity contribution in [3.8, 4) is 5.75 Å². The average Bonchev–Trinajstić information content (AvgIpc) is 2.32. The summed E-state index contributed by atoms with van der Waals surface area (Å²) in [5, 5.41) is 9.24. The van der Waals surface area contributed by atoms with E-state index in [9.17, 15) is 14.7 Å². The number of hydrogen-bond donors (Lipinski definition) is 2. The molecule has 2 N–H and O–H groups in total. The number of pyridine rings is 1. The zero-order valence-electron chi connectivity index (χ0n) is 10.9. The maximum absolute atomic E-state index is 11.8. The Morgan fingerprint density at radius 3 is 2.50 bits per heavy atom. The minimum atomic E-state index is -0.443. The lowest BCUT2D eigenvalue weighted by Gasteiger charge is -2.02. The molecular weight excluding hydrogens is 230 g/mol. The van der Waals surface area contributed by atoms with Gasteiger partial charge in [-0.2, -0.15) is 0 Å². The molecule has 1 aromatic heterocycles. The van der Waals surface area contributed by atoms with Gasteiger partial charge >= 0.3 is 0 Å². The second kappa shape index (κ2) is 7.69. The monoisotopic (exact) mass is 251 g/mol. The number of hydrogen-bond acceptors (Lipinski definition) is 3. The van der Waals surface area contributed by atoms with E-state index in [1.54, 1.807) is 0 Å². The minimum absolute atomic E-state index is 0.113. The van der Waals surface area contributed by atoms with Crippen LogP contribution in [0.1, 0.15) is 62.4 Å². The van der Waals surface area contributed by atoms with E-state index in [1.807, 2.05) is 0 Å². The lowest BCUT2D eigenvalue weighted by Crippen LogP contribution is -2.11. The lowest BCUT2D eigenvalue weighted by molar-refractivity contribution is 0.0973. The molecule has 100 valence electrons. The van der Waals surface area contributed by atoms with Crippen molar-refractivity contribution in [2.45, 2.75) is 51.9 Å². The van der Waals surface area contributed by atoms with Crippen molar-refractivity contribution in [3.05, 3.63) is 28.2 Å². The molecule has 0 atom stereocenters. The maximum atomic E-state index is 11.8. The van der Waals surface area contributed by atoms with Crippen LogP contribution in [-0.2, 0) is 0 Å². The van der Waals surface area contributed by atoms with Gasteiger partial charge in [-0.25, -0.2) is 0 Å². The summed E-state index contributed by atoms with van der Waals surface area (Å²) in [4.78, 5) is 25.3. The Morgan fingerprint density at radius 2 is 1.83 bits per heavy atom. The number of unbranched alkanes of at least 4 members (excludes halogenated alkanes) is 5. The molecule has 0 bridgehead atoms. The van der Waals surface area contributed by atoms with Gasteiger partial charge in [-0.1, -0.05) is 39.0 Å². The zero-order chi connectivity index (χ0) is 13.4. The Balaban J connectivity index is 2.34. The first-order valence-corrected chi connectivity index (χ1v) is 6.60. The molecule has 1 aromatic rings. The van der Waals surface area contributed by atoms with E-state index in [-0.39, 0.29) is 17.2 Å². The maximum Gasteiger partial charge on any atom is 0.252 e. The van der Waals surface area contributed by atoms with Crippen LogP contribution < -0.4 is 5.56 Å². The first-order valence-electron chi connectivity index (χ1n) is 6.60. The number of aromatic amines is 1. The van der Waals surface area contributed by atoms with Gasteiger partial charge in [0.2, 0.25) is 0 Å². The SMILES string of the molecule is CCCCCCCCC(=O)c1cc(O)cc(=O)[nH]1. The van der Waals surface area contributed by atoms with Gasteiger partial charge in [0.25, 0.3) is 5.56 Å². The third-order valence-electron chi connectivity index (χ3n) is 2.89. The van der Waals surface area contributed by atoms with Gasteiger partial charge in [0.15, 0.2) is 5.78 Å². The van der Waals surface area contributed by atoms with Crippen LogP contribution in [0.5, 0.6) is 5.75 Å². The Labute approximate surface area is 107 Å². The predicted molar refractivity (Wildman–Crippen MR) is 71.1 cm³/mol. The molecule has 1 heterocycles. The van der Waals surface area contributed by atoms with E-state index in [2.05, 4.69) is 11.9 Å². The summed E-state index contributed by atoms with van der Waals surface area (Å²) in [5.74, 6) is -0.275. The van der Waals surface area contributed by atoms with Crippen LogP contribution in [0.4, 0.5) is 0 Å². The highest BCUT2D eigenvalue weighted by molar-refractivity contribution is 5.94. The Kier molecular flexibility index (Phi) is 6.19. The zero-order valence-corrected chi connectivity index (χ0v) is 10.9. The molecule has 0 fully saturated rings. The highest BCUT2D eigenvalue weighted by Gasteiger charge is 2.07. The van der Waals surface area contributed by atoms with Crippen LogP contribution in [0.2, 0.25) is 0 Å². The van der Waals surface area contributed by atoms with Crippen molar-refractivity contribution in [2.24, 2.45) is 0 Å². The number of aromatic nitrogens is 1. The number of nitrogens with one attached hydrogen (secondary N) is 1. The van der Waals surface area contributed by atoms with E-state index in [1.165, 1.54) is 25.3 Å². The van der Waals surface area contributed by atoms with Crippen molar-refractivity contribution < 1.29 is 9.90 Å². The molecule has 0 aliphatic heterocycles. The standard InChI is InChI=1S/C14H21NO3/c1-2-3-4-5-6-7-8-13(17)12-9-11(16)10-14(18)15-12/h9-10H,2-8H2,1H3,(H2,15,16,18). The van der Waals surface area contributed by atoms with Gasteiger partial charge in [0, 0.05) is 18.6 Å². The minimum Gasteiger partial charge on any atom is -0.508 e. The molecule has 0 spiro atoms. The van der Waals surface area contributed by atoms with Crippen molar-refractivity contribution in [2.75, 3.05) is 0 Å². The van der Waals surface area contributed by atoms with Gasteiger partial charge in [-0.15, -0.1) is 0 Å². The van der Waals surface area contributed by atoms with Crippen LogP contribution in [0.3, 0.4) is 0 Å². The normalized spacial score (nSPS) is 10.5. The summed E-state index contributed by atoms with van der Waals surface area (Å²) < 4.78 is 0. The highest BCUT2D eigenvalue weighted by Crippen LogP contribution is 2.11. The van der Waals surface area contributed by atoms with Gasteiger partial charge < -0.3 is 10.1 Å². The van der Waals surface area contributed by atoms with Crippen molar-refractivity contribution >= 4 is 5.78 Å². The van der Waals surface area contributed by atoms with Crippen LogP contribution in [0.15, 0.2) is 16.9 Å². The Morgan fingerprint density at radius 1 is 1.17 bits per heavy atom. The first kappa shape index (κ1) is 14.5. The summed E-state index contributed by atoms with van der Waals surface area (Å²) in [5.41, 5.74) is -0.241. The van der Waals surface area contributed by atoms with E-state index in [4.69, 9.17) is 0 Å². The second-order valence-corrected chi connectivity index (χ2v) is 4.56. The largest absolute Gasteiger partial charge is 0.508 e. The van der Waals surface area contributed by atoms with Gasteiger partial charge in [0.1, 0.15) is 5.75 Å². The summed E-state index contributed by atoms with van der Waals surface area (Å²) in [6, 6.07) is 2.36. The third-order valence-corrected chi connectivity index (χ3v) is 2.89. The molecular formula is C14H21NO3. The van der Waals surface area contributed by atoms with Crippen molar-refractivity contribution in [1.82, 2.24) is 4.98 Å². The van der Waals surface area contributed by atoms with Crippen LogP contribution in [-0.4, -0.2) is 15.9 Å². The summed E-state index contributed by atoms with van der Waals surface area (Å²) in [7, 11) is 0. The van der Waals surface area contributed by atoms with Crippen LogP contribution >= 0.6 is 0 Å². The number of aromatic hydroxyl groups is 1. The average molecular weight is 251 g/mol. The fourth-order valence-electron chi connectivity index (χ4n) is 1.88. The van der Waals surface area contributed by atoms with E-state index >= 15 is 0 Å².